The first-order valence-electron chi connectivity index (χ1n) is 20.0. The Hall–Kier alpha value is -3.02. The third-order valence-corrected chi connectivity index (χ3v) is 12.2. The van der Waals surface area contributed by atoms with E-state index < -0.39 is 11.9 Å². The molecule has 0 saturated heterocycles. The summed E-state index contributed by atoms with van der Waals surface area (Å²) in [5, 5.41) is 11.6. The Kier molecular flexibility index (Phi) is 12.6. The number of carbonyl (C=O) groups excluding carboxylic acids is 2. The summed E-state index contributed by atoms with van der Waals surface area (Å²) in [6.07, 6.45) is 14.2. The van der Waals surface area contributed by atoms with Crippen LogP contribution in [0.5, 0.6) is 23.0 Å². The van der Waals surface area contributed by atoms with Crippen molar-refractivity contribution in [1.82, 2.24) is 0 Å². The molecule has 6 heteroatoms. The van der Waals surface area contributed by atoms with Crippen LogP contribution in [-0.4, -0.2) is 22.6 Å². The van der Waals surface area contributed by atoms with E-state index in [0.717, 1.165) is 112 Å². The van der Waals surface area contributed by atoms with E-state index in [2.05, 4.69) is 61.5 Å². The molecule has 0 radical (unpaired) electrons. The molecule has 50 heavy (non-hydrogen) atoms. The molecule has 2 aliphatic carbocycles. The number of aryl methyl sites for hydroxylation is 2. The highest BCUT2D eigenvalue weighted by Crippen LogP contribution is 2.56. The molecular formula is C44H64O6. The number of hydrogen-bond donors (Lipinski definition) is 1. The molecule has 6 atom stereocenters. The molecule has 276 valence electrons. The van der Waals surface area contributed by atoms with Gasteiger partial charge in [0.05, 0.1) is 0 Å². The molecule has 3 aliphatic rings. The number of phenols is 1. The predicted molar refractivity (Wildman–Crippen MR) is 200 cm³/mol. The van der Waals surface area contributed by atoms with Gasteiger partial charge in [0.15, 0.2) is 0 Å². The maximum Gasteiger partial charge on any atom is 0.423 e. The topological polar surface area (TPSA) is 82.1 Å². The lowest BCUT2D eigenvalue weighted by Crippen LogP contribution is -2.47. The van der Waals surface area contributed by atoms with Crippen molar-refractivity contribution in [1.29, 1.82) is 0 Å². The normalized spacial score (nSPS) is 25.7. The molecule has 0 amide bonds. The average Bonchev–Trinajstić information content (AvgIpc) is 3.04. The van der Waals surface area contributed by atoms with Crippen LogP contribution in [0.1, 0.15) is 167 Å². The Labute approximate surface area is 302 Å². The third kappa shape index (κ3) is 8.70. The number of aromatic hydroxyl groups is 1. The molecule has 5 rings (SSSR count). The molecule has 0 spiro atoms. The van der Waals surface area contributed by atoms with Gasteiger partial charge in [-0.25, -0.2) is 9.59 Å². The van der Waals surface area contributed by atoms with Gasteiger partial charge in [-0.3, -0.25) is 0 Å². The standard InChI is InChI=1S/C44H64O6/c1-9-11-13-15-30-23-36(45)40(33-21-28(5)17-19-32(33)27(3)4)37(24-30)48-42(46)43(47)49-38-25-31(16-14-12-10-2)26-39-41(38)34-22-29(6)18-20-35(34)44(7,8)50-39/h23-29,32-35,45H,9-22H2,1-8H3/t28-,29-,32+,33-,34-,35-/m1/s1. The van der Waals surface area contributed by atoms with Gasteiger partial charge in [-0.05, 0) is 136 Å². The Morgan fingerprint density at radius 1 is 0.780 bits per heavy atom. The molecular weight excluding hydrogens is 624 g/mol. The van der Waals surface area contributed by atoms with E-state index in [-0.39, 0.29) is 29.1 Å². The molecule has 0 unspecified atom stereocenters. The summed E-state index contributed by atoms with van der Waals surface area (Å²) in [5.74, 6) is 1.81. The molecule has 1 N–H and O–H groups in total. The van der Waals surface area contributed by atoms with Crippen molar-refractivity contribution in [2.45, 2.75) is 163 Å². The van der Waals surface area contributed by atoms with Crippen molar-refractivity contribution < 1.29 is 28.9 Å². The Bertz CT molecular complexity index is 1490. The van der Waals surface area contributed by atoms with Crippen molar-refractivity contribution in [2.75, 3.05) is 0 Å². The minimum atomic E-state index is -1.06. The van der Waals surface area contributed by atoms with E-state index in [9.17, 15) is 14.7 Å². The molecule has 0 aromatic heterocycles. The fourth-order valence-corrected chi connectivity index (χ4v) is 9.47. The summed E-state index contributed by atoms with van der Waals surface area (Å²) in [5.41, 5.74) is 3.18. The molecule has 2 fully saturated rings. The summed E-state index contributed by atoms with van der Waals surface area (Å²) in [6.45, 7) is 17.7. The molecule has 1 aliphatic heterocycles. The zero-order valence-corrected chi connectivity index (χ0v) is 32.2. The van der Waals surface area contributed by atoms with Gasteiger partial charge in [-0.1, -0.05) is 80.1 Å². The second-order valence-corrected chi connectivity index (χ2v) is 17.0. The van der Waals surface area contributed by atoms with Crippen LogP contribution in [0.25, 0.3) is 0 Å². The van der Waals surface area contributed by atoms with Crippen LogP contribution < -0.4 is 14.2 Å². The summed E-state index contributed by atoms with van der Waals surface area (Å²) in [6, 6.07) is 7.82. The molecule has 6 nitrogen and oxygen atoms in total. The van der Waals surface area contributed by atoms with Gasteiger partial charge in [-0.2, -0.15) is 0 Å². The monoisotopic (exact) mass is 688 g/mol. The van der Waals surface area contributed by atoms with Gasteiger partial charge >= 0.3 is 11.9 Å². The van der Waals surface area contributed by atoms with Gasteiger partial charge in [0.1, 0.15) is 28.6 Å². The number of fused-ring (bicyclic) bond motifs is 3. The fraction of sp³-hybridized carbons (Fsp3) is 0.682. The van der Waals surface area contributed by atoms with Gasteiger partial charge in [0, 0.05) is 17.0 Å². The maximum atomic E-state index is 13.8. The maximum absolute atomic E-state index is 13.8. The Balaban J connectivity index is 1.48. The first-order valence-corrected chi connectivity index (χ1v) is 20.0. The number of phenolic OH excluding ortho intramolecular Hbond substituents is 1. The van der Waals surface area contributed by atoms with Crippen LogP contribution >= 0.6 is 0 Å². The number of rotatable bonds is 12. The molecule has 2 aromatic carbocycles. The van der Waals surface area contributed by atoms with Crippen LogP contribution in [0.2, 0.25) is 0 Å². The number of ether oxygens (including phenoxy) is 3. The first-order chi connectivity index (χ1) is 23.8. The zero-order valence-electron chi connectivity index (χ0n) is 32.2. The van der Waals surface area contributed by atoms with Crippen LogP contribution in [0.15, 0.2) is 24.3 Å². The number of unbranched alkanes of at least 4 members (excludes halogenated alkanes) is 4. The van der Waals surface area contributed by atoms with Gasteiger partial charge in [0.25, 0.3) is 0 Å². The van der Waals surface area contributed by atoms with E-state index in [1.165, 1.54) is 0 Å². The summed E-state index contributed by atoms with van der Waals surface area (Å²) < 4.78 is 18.8. The SMILES string of the molecule is CCCCCc1cc(OC(=O)C(=O)Oc2cc(CCCCC)cc(O)c2[C@@H]2C[C@H](C)CC[C@H]2C(C)C)c2c(c1)OC(C)(C)[C@@H]1CC[C@@H](C)C[C@@H]21. The van der Waals surface area contributed by atoms with Crippen molar-refractivity contribution in [3.05, 3.63) is 46.5 Å². The number of hydrogen-bond acceptors (Lipinski definition) is 6. The Morgan fingerprint density at radius 2 is 1.32 bits per heavy atom. The van der Waals surface area contributed by atoms with Crippen LogP contribution in [0.4, 0.5) is 0 Å². The van der Waals surface area contributed by atoms with E-state index in [4.69, 9.17) is 14.2 Å². The van der Waals surface area contributed by atoms with E-state index in [0.29, 0.717) is 40.7 Å². The van der Waals surface area contributed by atoms with E-state index in [1.807, 2.05) is 18.2 Å². The lowest BCUT2D eigenvalue weighted by atomic mass is 9.64. The largest absolute Gasteiger partial charge is 0.508 e. The quantitative estimate of drug-likeness (QED) is 0.103. The fourth-order valence-electron chi connectivity index (χ4n) is 9.47. The molecule has 2 saturated carbocycles. The minimum absolute atomic E-state index is 0.0276. The molecule has 2 aromatic rings. The summed E-state index contributed by atoms with van der Waals surface area (Å²) in [7, 11) is 0. The average molecular weight is 689 g/mol. The highest BCUT2D eigenvalue weighted by molar-refractivity contribution is 6.31. The molecule has 0 bridgehead atoms. The summed E-state index contributed by atoms with van der Waals surface area (Å²) in [4.78, 5) is 27.6. The number of benzene rings is 2. The van der Waals surface area contributed by atoms with Crippen molar-refractivity contribution in [3.63, 3.8) is 0 Å². The van der Waals surface area contributed by atoms with Crippen molar-refractivity contribution in [3.8, 4) is 23.0 Å². The van der Waals surface area contributed by atoms with Gasteiger partial charge < -0.3 is 19.3 Å². The van der Waals surface area contributed by atoms with Gasteiger partial charge in [0.2, 0.25) is 0 Å². The highest BCUT2D eigenvalue weighted by Gasteiger charge is 2.47. The number of esters is 2. The van der Waals surface area contributed by atoms with Crippen molar-refractivity contribution in [2.24, 2.45) is 29.6 Å². The molecule has 1 heterocycles. The third-order valence-electron chi connectivity index (χ3n) is 12.2. The predicted octanol–water partition coefficient (Wildman–Crippen LogP) is 11.2. The van der Waals surface area contributed by atoms with Crippen molar-refractivity contribution >= 4 is 11.9 Å². The second-order valence-electron chi connectivity index (χ2n) is 17.0. The number of carbonyl (C=O) groups is 2. The zero-order chi connectivity index (χ0) is 36.2. The lowest BCUT2D eigenvalue weighted by molar-refractivity contribution is -0.156. The van der Waals surface area contributed by atoms with Crippen LogP contribution in [0.3, 0.4) is 0 Å². The minimum Gasteiger partial charge on any atom is -0.508 e. The Morgan fingerprint density at radius 3 is 1.90 bits per heavy atom. The first kappa shape index (κ1) is 38.2. The van der Waals surface area contributed by atoms with E-state index >= 15 is 0 Å². The lowest BCUT2D eigenvalue weighted by Gasteiger charge is -2.49. The van der Waals surface area contributed by atoms with E-state index in [1.54, 1.807) is 0 Å². The van der Waals surface area contributed by atoms with Crippen LogP contribution in [-0.2, 0) is 22.4 Å². The highest BCUT2D eigenvalue weighted by atomic mass is 16.6. The smallest absolute Gasteiger partial charge is 0.423 e. The summed E-state index contributed by atoms with van der Waals surface area (Å²) >= 11 is 0. The van der Waals surface area contributed by atoms with Gasteiger partial charge in [-0.15, -0.1) is 0 Å². The second kappa shape index (κ2) is 16.5. The van der Waals surface area contributed by atoms with Crippen LogP contribution in [0, 0.1) is 29.6 Å².